The number of hydrogen-bond donors (Lipinski definition) is 0. The molecule has 186 valence electrons. The van der Waals surface area contributed by atoms with Gasteiger partial charge in [0, 0.05) is 15.4 Å². The van der Waals surface area contributed by atoms with Gasteiger partial charge in [-0.2, -0.15) is 0 Å². The van der Waals surface area contributed by atoms with Gasteiger partial charge in [0.25, 0.3) is 0 Å². The van der Waals surface area contributed by atoms with Gasteiger partial charge < -0.3 is 10.1 Å². The molecule has 0 saturated carbocycles. The van der Waals surface area contributed by atoms with Gasteiger partial charge in [0.05, 0.1) is 5.91 Å². The Hall–Kier alpha value is -3.03. The molecular weight excluding hydrogens is 484 g/mol. The zero-order valence-corrected chi connectivity index (χ0v) is 22.5. The summed E-state index contributed by atoms with van der Waals surface area (Å²) in [5, 5.41) is 4.33. The molecule has 5 rings (SSSR count). The van der Waals surface area contributed by atoms with E-state index in [0.29, 0.717) is 17.7 Å². The van der Waals surface area contributed by atoms with E-state index in [-0.39, 0.29) is 30.6 Å². The number of amides is 1. The summed E-state index contributed by atoms with van der Waals surface area (Å²) in [6.45, 7) is 0.524. The molecule has 0 saturated heterocycles. The van der Waals surface area contributed by atoms with Crippen LogP contribution in [0.25, 0.3) is 10.9 Å². The Morgan fingerprint density at radius 1 is 0.842 bits per heavy atom. The molecule has 0 N–H and O–H groups in total. The van der Waals surface area contributed by atoms with Gasteiger partial charge in [0.15, 0.2) is 0 Å². The number of nitrogens with zero attached hydrogens (tertiary/aromatic N) is 1. The van der Waals surface area contributed by atoms with E-state index in [1.165, 1.54) is 11.6 Å². The second-order valence-electron chi connectivity index (χ2n) is 9.19. The van der Waals surface area contributed by atoms with Crippen LogP contribution in [0.3, 0.4) is 0 Å². The molecule has 4 aromatic carbocycles. The average molecular weight is 514 g/mol. The van der Waals surface area contributed by atoms with Crippen molar-refractivity contribution in [3.63, 3.8) is 0 Å². The number of rotatable bonds is 6. The summed E-state index contributed by atoms with van der Waals surface area (Å²) in [5.74, 6) is -0.359. The van der Waals surface area contributed by atoms with Crippen molar-refractivity contribution in [2.24, 2.45) is 0 Å². The molecule has 1 amide bonds. The molecule has 0 spiro atoms. The largest absolute Gasteiger partial charge is 1.00 e. The standard InChI is InChI=1S/C33H30FNOS.Li/c34-30-18-8-6-16-28(30)27-15-5-4-14-25-23-26(20-21-31(25)37-32-19-9-7-17-29(27)32)33(36)35-22-10-13-24-11-2-1-3-12-24;/h1-3,6-9,11-12,15-21,23H,4-5,10,13-14,22H2,(H,35,36);/q;+1/p-1/b27-15-;. The number of fused-ring (bicyclic) bond motifs is 2. The first-order valence-electron chi connectivity index (χ1n) is 12.8. The molecular formula is C33H29FLiNOS. The van der Waals surface area contributed by atoms with Gasteiger partial charge in [-0.1, -0.05) is 97.1 Å². The van der Waals surface area contributed by atoms with Crippen LogP contribution in [-0.2, 0) is 12.8 Å². The van der Waals surface area contributed by atoms with E-state index < -0.39 is 0 Å². The number of allylic oxidation sites excluding steroid dienone is 1. The topological polar surface area (TPSA) is 31.2 Å². The number of aryl methyl sites for hydroxylation is 2. The second kappa shape index (κ2) is 13.7. The number of benzene rings is 4. The van der Waals surface area contributed by atoms with Crippen LogP contribution in [0.2, 0.25) is 0 Å². The van der Waals surface area contributed by atoms with Crippen molar-refractivity contribution in [2.75, 3.05) is 6.54 Å². The summed E-state index contributed by atoms with van der Waals surface area (Å²) in [6.07, 6.45) is 6.51. The van der Waals surface area contributed by atoms with Gasteiger partial charge in [-0.05, 0) is 77.8 Å². The maximum absolute atomic E-state index is 14.8. The van der Waals surface area contributed by atoms with Crippen LogP contribution < -0.4 is 18.9 Å². The van der Waals surface area contributed by atoms with E-state index in [1.54, 1.807) is 17.8 Å². The van der Waals surface area contributed by atoms with Crippen LogP contribution in [0.15, 0.2) is 113 Å². The molecule has 0 aromatic heterocycles. The minimum Gasteiger partial charge on any atom is -0.649 e. The molecule has 0 atom stereocenters. The van der Waals surface area contributed by atoms with Gasteiger partial charge in [-0.3, -0.25) is 0 Å². The molecule has 0 fully saturated rings. The Kier molecular flexibility index (Phi) is 10.1. The van der Waals surface area contributed by atoms with Crippen molar-refractivity contribution in [2.45, 2.75) is 41.9 Å². The van der Waals surface area contributed by atoms with Crippen LogP contribution in [-0.4, -0.2) is 12.5 Å². The Balaban J connectivity index is 0.00000336. The predicted molar refractivity (Wildman–Crippen MR) is 151 cm³/mol. The Bertz CT molecular complexity index is 1420. The zero-order chi connectivity index (χ0) is 25.5. The van der Waals surface area contributed by atoms with Crippen molar-refractivity contribution < 1.29 is 28.0 Å². The first-order valence-corrected chi connectivity index (χ1v) is 13.6. The van der Waals surface area contributed by atoms with E-state index in [9.17, 15) is 9.18 Å². The number of hydrogen-bond acceptors (Lipinski definition) is 2. The van der Waals surface area contributed by atoms with Crippen molar-refractivity contribution in [3.8, 4) is 0 Å². The third-order valence-corrected chi connectivity index (χ3v) is 7.78. The molecule has 1 heterocycles. The molecule has 0 unspecified atom stereocenters. The summed E-state index contributed by atoms with van der Waals surface area (Å²) in [5.41, 5.74) is 5.67. The van der Waals surface area contributed by atoms with E-state index >= 15 is 0 Å². The number of carbonyl (C=O) groups is 1. The molecule has 1 aliphatic rings. The van der Waals surface area contributed by atoms with Crippen LogP contribution >= 0.6 is 11.8 Å². The summed E-state index contributed by atoms with van der Waals surface area (Å²) in [7, 11) is 0. The quantitative estimate of drug-likeness (QED) is 0.238. The fourth-order valence-electron chi connectivity index (χ4n) is 4.69. The first-order chi connectivity index (χ1) is 18.2. The monoisotopic (exact) mass is 513 g/mol. The molecule has 4 aromatic rings. The number of carbonyl (C=O) groups excluding carboxylic acids is 1. The SMILES string of the molecule is O=C([N-]CCCc1ccccc1)c1ccc2c(c1)CCC/C=C(/c1ccccc1F)c1ccccc1S2.[Li+]. The number of halogens is 1. The summed E-state index contributed by atoms with van der Waals surface area (Å²) >= 11 is 1.68. The Labute approximate surface area is 240 Å². The molecule has 0 bridgehead atoms. The fourth-order valence-corrected chi connectivity index (χ4v) is 5.79. The Morgan fingerprint density at radius 2 is 1.58 bits per heavy atom. The van der Waals surface area contributed by atoms with Gasteiger partial charge in [0.1, 0.15) is 5.82 Å². The van der Waals surface area contributed by atoms with E-state index in [2.05, 4.69) is 35.7 Å². The second-order valence-corrected chi connectivity index (χ2v) is 10.3. The van der Waals surface area contributed by atoms with Gasteiger partial charge >= 0.3 is 18.9 Å². The molecule has 0 radical (unpaired) electrons. The summed E-state index contributed by atoms with van der Waals surface area (Å²) in [6, 6.07) is 31.4. The molecule has 38 heavy (non-hydrogen) atoms. The van der Waals surface area contributed by atoms with Crippen molar-refractivity contribution in [1.29, 1.82) is 0 Å². The summed E-state index contributed by atoms with van der Waals surface area (Å²) < 4.78 is 14.8. The first kappa shape index (κ1) is 28.0. The van der Waals surface area contributed by atoms with Crippen LogP contribution in [0.1, 0.15) is 51.9 Å². The molecule has 1 aliphatic heterocycles. The fraction of sp³-hybridized carbons (Fsp3) is 0.182. The van der Waals surface area contributed by atoms with E-state index in [1.807, 2.05) is 60.7 Å². The minimum absolute atomic E-state index is 0. The van der Waals surface area contributed by atoms with Gasteiger partial charge in [-0.15, -0.1) is 6.54 Å². The third-order valence-electron chi connectivity index (χ3n) is 6.59. The van der Waals surface area contributed by atoms with Crippen LogP contribution in [0, 0.1) is 5.82 Å². The van der Waals surface area contributed by atoms with E-state index in [4.69, 9.17) is 0 Å². The van der Waals surface area contributed by atoms with Crippen molar-refractivity contribution in [1.82, 2.24) is 0 Å². The third kappa shape index (κ3) is 6.88. The van der Waals surface area contributed by atoms with Crippen LogP contribution in [0.5, 0.6) is 0 Å². The normalized spacial score (nSPS) is 14.2. The smallest absolute Gasteiger partial charge is 0.649 e. The Morgan fingerprint density at radius 3 is 2.39 bits per heavy atom. The van der Waals surface area contributed by atoms with Gasteiger partial charge in [-0.25, -0.2) is 4.39 Å². The van der Waals surface area contributed by atoms with Crippen LogP contribution in [0.4, 0.5) is 4.39 Å². The van der Waals surface area contributed by atoms with Crippen molar-refractivity contribution >= 4 is 23.2 Å². The molecule has 2 nitrogen and oxygen atoms in total. The van der Waals surface area contributed by atoms with Gasteiger partial charge in [0.2, 0.25) is 0 Å². The maximum Gasteiger partial charge on any atom is 1.00 e. The summed E-state index contributed by atoms with van der Waals surface area (Å²) in [4.78, 5) is 15.0. The zero-order valence-electron chi connectivity index (χ0n) is 21.7. The molecule has 0 aliphatic carbocycles. The average Bonchev–Trinajstić information content (AvgIpc) is 2.93. The predicted octanol–water partition coefficient (Wildman–Crippen LogP) is 5.90. The maximum atomic E-state index is 14.8. The molecule has 5 heteroatoms. The minimum atomic E-state index is -0.207. The van der Waals surface area contributed by atoms with E-state index in [0.717, 1.165) is 58.6 Å². The van der Waals surface area contributed by atoms with Crippen molar-refractivity contribution in [3.05, 3.63) is 142 Å².